The van der Waals surface area contributed by atoms with E-state index < -0.39 is 15.6 Å². The van der Waals surface area contributed by atoms with Gasteiger partial charge in [0.05, 0.1) is 0 Å². The molecule has 2 aromatic rings. The zero-order chi connectivity index (χ0) is 18.4. The molecule has 0 radical (unpaired) electrons. The molecule has 0 saturated heterocycles. The Morgan fingerprint density at radius 3 is 2.29 bits per heavy atom. The average Bonchev–Trinajstić information content (AvgIpc) is 2.47. The van der Waals surface area contributed by atoms with Crippen molar-refractivity contribution in [3.8, 4) is 11.1 Å². The quantitative estimate of drug-likeness (QED) is 0.205. The molecule has 0 unspecified atom stereocenters. The second-order valence-electron chi connectivity index (χ2n) is 4.36. The van der Waals surface area contributed by atoms with E-state index in [1.807, 2.05) is 60.4 Å². The Labute approximate surface area is 135 Å². The van der Waals surface area contributed by atoms with Gasteiger partial charge in [-0.2, -0.15) is 13.2 Å². The van der Waals surface area contributed by atoms with Crippen LogP contribution in [0.1, 0.15) is 0 Å². The van der Waals surface area contributed by atoms with Crippen molar-refractivity contribution in [3.63, 3.8) is 0 Å². The van der Waals surface area contributed by atoms with Crippen molar-refractivity contribution < 1.29 is 30.7 Å². The first-order valence-electron chi connectivity index (χ1n) is 6.18. The third-order valence-corrected chi connectivity index (χ3v) is 3.16. The fourth-order valence-electron chi connectivity index (χ4n) is 1.60. The molecule has 1 aromatic heterocycles. The third-order valence-electron chi connectivity index (χ3n) is 2.59. The number of pyridine rings is 1. The minimum Gasteiger partial charge on any atom is -0.741 e. The van der Waals surface area contributed by atoms with Gasteiger partial charge in [0.2, 0.25) is 0 Å². The van der Waals surface area contributed by atoms with Gasteiger partial charge in [-0.3, -0.25) is 0 Å². The van der Waals surface area contributed by atoms with Gasteiger partial charge in [-0.05, 0) is 17.2 Å². The molecule has 128 valence electrons. The van der Waals surface area contributed by atoms with E-state index in [1.54, 1.807) is 0 Å². The van der Waals surface area contributed by atoms with Gasteiger partial charge in [0.15, 0.2) is 22.5 Å². The van der Waals surface area contributed by atoms with Crippen molar-refractivity contribution in [3.05, 3.63) is 59.2 Å². The van der Waals surface area contributed by atoms with Gasteiger partial charge in [-0.25, -0.2) is 13.0 Å². The maximum atomic E-state index is 10.7. The molecule has 0 saturated carbocycles. The highest BCUT2D eigenvalue weighted by Crippen LogP contribution is 2.28. The summed E-state index contributed by atoms with van der Waals surface area (Å²) in [5.41, 5.74) is 5.48. The van der Waals surface area contributed by atoms with E-state index in [1.165, 1.54) is 0 Å². The van der Waals surface area contributed by atoms with Gasteiger partial charge in [0.25, 0.3) is 0 Å². The van der Waals surface area contributed by atoms with Crippen LogP contribution in [0.3, 0.4) is 0 Å². The number of hydrogen-bond donors (Lipinski definition) is 0. The minimum absolute atomic E-state index is 0.649. The monoisotopic (exact) mass is 360 g/mol. The molecule has 0 N–H and O–H groups in total. The summed E-state index contributed by atoms with van der Waals surface area (Å²) < 4.78 is 60.9. The van der Waals surface area contributed by atoms with Gasteiger partial charge in [-0.15, -0.1) is 0 Å². The Morgan fingerprint density at radius 1 is 1.21 bits per heavy atom. The Bertz CT molecular complexity index is 863. The maximum Gasteiger partial charge on any atom is 0.485 e. The van der Waals surface area contributed by atoms with Crippen LogP contribution in [0.5, 0.6) is 0 Å². The molecule has 11 heteroatoms. The lowest BCUT2D eigenvalue weighted by molar-refractivity contribution is -0.671. The lowest BCUT2D eigenvalue weighted by Gasteiger charge is -2.08. The first-order valence-corrected chi connectivity index (χ1v) is 7.59. The molecule has 0 fully saturated rings. The number of nitrogens with zero attached hydrogens (tertiary/aromatic N) is 4. The van der Waals surface area contributed by atoms with Crippen LogP contribution in [-0.4, -0.2) is 18.5 Å². The number of hydrogen-bond acceptors (Lipinski definition) is 4. The van der Waals surface area contributed by atoms with Crippen LogP contribution in [0.4, 0.5) is 18.9 Å². The first-order chi connectivity index (χ1) is 11.1. The average molecular weight is 360 g/mol. The second-order valence-corrected chi connectivity index (χ2v) is 5.74. The summed E-state index contributed by atoms with van der Waals surface area (Å²) in [6, 6.07) is 11.5. The second kappa shape index (κ2) is 7.77. The largest absolute Gasteiger partial charge is 0.741 e. The molecule has 0 spiro atoms. The van der Waals surface area contributed by atoms with Crippen molar-refractivity contribution >= 4 is 15.8 Å². The van der Waals surface area contributed by atoms with Crippen LogP contribution in [0, 0.1) is 0 Å². The highest BCUT2D eigenvalue weighted by molar-refractivity contribution is 7.86. The van der Waals surface area contributed by atoms with Crippen LogP contribution in [0.2, 0.25) is 0 Å². The summed E-state index contributed by atoms with van der Waals surface area (Å²) >= 11 is 0. The third kappa shape index (κ3) is 5.54. The number of aryl methyl sites for hydroxylation is 1. The summed E-state index contributed by atoms with van der Waals surface area (Å²) in [6.45, 7) is 0. The number of azide groups is 1. The lowest BCUT2D eigenvalue weighted by Crippen LogP contribution is -2.26. The van der Waals surface area contributed by atoms with Crippen LogP contribution in [0.15, 0.2) is 53.9 Å². The minimum atomic E-state index is -6.09. The highest BCUT2D eigenvalue weighted by atomic mass is 32.2. The summed E-state index contributed by atoms with van der Waals surface area (Å²) in [5.74, 6) is 0. The SMILES string of the molecule is C[n+]1cccc(-c2ccccc2N=[N+]=[N-])c1.O=S(=O)([O-])C(F)(F)F. The van der Waals surface area contributed by atoms with Gasteiger partial charge in [0, 0.05) is 22.2 Å². The molecular weight excluding hydrogens is 349 g/mol. The molecule has 0 aliphatic heterocycles. The zero-order valence-corrected chi connectivity index (χ0v) is 13.0. The van der Waals surface area contributed by atoms with E-state index in [9.17, 15) is 13.2 Å². The highest BCUT2D eigenvalue weighted by Gasteiger charge is 2.36. The van der Waals surface area contributed by atoms with Crippen LogP contribution in [0.25, 0.3) is 21.6 Å². The van der Waals surface area contributed by atoms with E-state index in [-0.39, 0.29) is 0 Å². The molecule has 1 heterocycles. The summed E-state index contributed by atoms with van der Waals surface area (Å²) in [7, 11) is -4.13. The number of benzene rings is 1. The molecule has 0 aliphatic rings. The van der Waals surface area contributed by atoms with Crippen molar-refractivity contribution in [2.45, 2.75) is 5.51 Å². The summed E-state index contributed by atoms with van der Waals surface area (Å²) in [6.07, 6.45) is 3.95. The smallest absolute Gasteiger partial charge is 0.485 e. The van der Waals surface area contributed by atoms with Gasteiger partial charge in [-0.1, -0.05) is 29.4 Å². The Morgan fingerprint density at radius 2 is 1.79 bits per heavy atom. The summed E-state index contributed by atoms with van der Waals surface area (Å²) in [5, 5.41) is 3.68. The molecule has 0 atom stereocenters. The molecule has 0 amide bonds. The molecule has 2 rings (SSSR count). The fraction of sp³-hybridized carbons (Fsp3) is 0.154. The summed E-state index contributed by atoms with van der Waals surface area (Å²) in [4.78, 5) is 2.83. The van der Waals surface area contributed by atoms with Crippen molar-refractivity contribution in [2.75, 3.05) is 0 Å². The van der Waals surface area contributed by atoms with Gasteiger partial charge < -0.3 is 4.55 Å². The van der Waals surface area contributed by atoms with Crippen molar-refractivity contribution in [2.24, 2.45) is 12.2 Å². The molecule has 1 aromatic carbocycles. The van der Waals surface area contributed by atoms with Crippen LogP contribution < -0.4 is 4.57 Å². The standard InChI is InChI=1S/C12H11N4.CHF3O3S/c1-16-8-4-5-10(9-16)11-6-2-3-7-12(11)14-15-13;2-1(3,4)8(5,6)7/h2-9H,1H3;(H,5,6,7)/q+1;/p-1. The first kappa shape index (κ1) is 19.4. The molecule has 7 nitrogen and oxygen atoms in total. The number of alkyl halides is 3. The van der Waals surface area contributed by atoms with Gasteiger partial charge in [0.1, 0.15) is 7.05 Å². The Hall–Kier alpha value is -2.62. The predicted molar refractivity (Wildman–Crippen MR) is 77.6 cm³/mol. The lowest BCUT2D eigenvalue weighted by atomic mass is 10.1. The molecule has 24 heavy (non-hydrogen) atoms. The van der Waals surface area contributed by atoms with Crippen LogP contribution in [-0.2, 0) is 17.2 Å². The van der Waals surface area contributed by atoms with Crippen LogP contribution >= 0.6 is 0 Å². The van der Waals surface area contributed by atoms with E-state index >= 15 is 0 Å². The van der Waals surface area contributed by atoms with E-state index in [2.05, 4.69) is 10.0 Å². The normalized spacial score (nSPS) is 11.0. The predicted octanol–water partition coefficient (Wildman–Crippen LogP) is 3.17. The van der Waals surface area contributed by atoms with E-state index in [0.717, 1.165) is 11.1 Å². The number of halogens is 3. The topological polar surface area (TPSA) is 110 Å². The number of aromatic nitrogens is 1. The number of rotatable bonds is 2. The molecule has 0 bridgehead atoms. The van der Waals surface area contributed by atoms with E-state index in [4.69, 9.17) is 18.5 Å². The van der Waals surface area contributed by atoms with Crippen molar-refractivity contribution in [1.29, 1.82) is 0 Å². The molecular formula is C13H11F3N4O3S. The maximum absolute atomic E-state index is 10.7. The molecule has 0 aliphatic carbocycles. The van der Waals surface area contributed by atoms with Gasteiger partial charge >= 0.3 is 5.51 Å². The fourth-order valence-corrected chi connectivity index (χ4v) is 1.60. The zero-order valence-electron chi connectivity index (χ0n) is 12.2. The van der Waals surface area contributed by atoms with E-state index in [0.29, 0.717) is 5.69 Å². The van der Waals surface area contributed by atoms with Crippen molar-refractivity contribution in [1.82, 2.24) is 0 Å². The Balaban J connectivity index is 0.000000307. The Kier molecular flexibility index (Phi) is 6.29.